The topological polar surface area (TPSA) is 38.0 Å². The second kappa shape index (κ2) is 17.1. The van der Waals surface area contributed by atoms with Crippen LogP contribution in [0.4, 0.5) is 0 Å². The summed E-state index contributed by atoms with van der Waals surface area (Å²) in [5.74, 6) is 0. The van der Waals surface area contributed by atoms with Gasteiger partial charge in [-0.15, -0.1) is 0 Å². The van der Waals surface area contributed by atoms with Crippen molar-refractivity contribution >= 4 is 0 Å². The minimum atomic E-state index is 1.19. The SMILES string of the molecule is CCCCCCCCNC.CN. The average Bonchev–Trinajstić information content (AvgIpc) is 2.15. The molecule has 0 bridgehead atoms. The summed E-state index contributed by atoms with van der Waals surface area (Å²) in [5.41, 5.74) is 4.50. The van der Waals surface area contributed by atoms with E-state index in [1.807, 2.05) is 7.05 Å². The molecule has 0 radical (unpaired) electrons. The molecule has 0 aromatic heterocycles. The van der Waals surface area contributed by atoms with Crippen LogP contribution in [0.5, 0.6) is 0 Å². The largest absolute Gasteiger partial charge is 0.333 e. The van der Waals surface area contributed by atoms with Gasteiger partial charge >= 0.3 is 0 Å². The van der Waals surface area contributed by atoms with E-state index in [9.17, 15) is 0 Å². The predicted octanol–water partition coefficient (Wildman–Crippen LogP) is 2.14. The minimum absolute atomic E-state index is 1.19. The molecule has 0 aliphatic rings. The Hall–Kier alpha value is -0.0800. The van der Waals surface area contributed by atoms with Crippen LogP contribution < -0.4 is 11.1 Å². The van der Waals surface area contributed by atoms with Gasteiger partial charge in [0.1, 0.15) is 0 Å². The standard InChI is InChI=1S/C9H21N.CH5N/c1-3-4-5-6-7-8-9-10-2;1-2/h10H,3-9H2,1-2H3;2H2,1H3. The summed E-state index contributed by atoms with van der Waals surface area (Å²) < 4.78 is 0. The summed E-state index contributed by atoms with van der Waals surface area (Å²) in [7, 11) is 3.52. The third kappa shape index (κ3) is 16.5. The van der Waals surface area contributed by atoms with E-state index in [4.69, 9.17) is 0 Å². The fraction of sp³-hybridized carbons (Fsp3) is 1.00. The van der Waals surface area contributed by atoms with E-state index in [1.165, 1.54) is 52.1 Å². The van der Waals surface area contributed by atoms with Gasteiger partial charge in [-0.2, -0.15) is 0 Å². The van der Waals surface area contributed by atoms with Crippen molar-refractivity contribution in [2.24, 2.45) is 5.73 Å². The van der Waals surface area contributed by atoms with Crippen LogP contribution in [0.3, 0.4) is 0 Å². The normalized spacial score (nSPS) is 9.00. The first-order valence-electron chi connectivity index (χ1n) is 5.14. The second-order valence-electron chi connectivity index (χ2n) is 2.87. The second-order valence-corrected chi connectivity index (χ2v) is 2.87. The molecule has 0 heterocycles. The molecule has 0 aliphatic carbocycles. The van der Waals surface area contributed by atoms with Gasteiger partial charge in [0.15, 0.2) is 0 Å². The van der Waals surface area contributed by atoms with Crippen molar-refractivity contribution in [2.45, 2.75) is 45.4 Å². The van der Waals surface area contributed by atoms with Gasteiger partial charge in [0.2, 0.25) is 0 Å². The van der Waals surface area contributed by atoms with Crippen molar-refractivity contribution in [1.29, 1.82) is 0 Å². The van der Waals surface area contributed by atoms with Gasteiger partial charge in [0, 0.05) is 0 Å². The zero-order valence-electron chi connectivity index (χ0n) is 9.03. The number of nitrogens with one attached hydrogen (secondary N) is 1. The Kier molecular flexibility index (Phi) is 20.6. The summed E-state index contributed by atoms with van der Waals surface area (Å²) in [5, 5.41) is 3.16. The van der Waals surface area contributed by atoms with Gasteiger partial charge in [-0.25, -0.2) is 0 Å². The van der Waals surface area contributed by atoms with Crippen LogP contribution in [-0.2, 0) is 0 Å². The molecule has 0 unspecified atom stereocenters. The van der Waals surface area contributed by atoms with Crippen LogP contribution >= 0.6 is 0 Å². The number of unbranched alkanes of at least 4 members (excludes halogenated alkanes) is 5. The molecule has 0 saturated heterocycles. The van der Waals surface area contributed by atoms with Crippen molar-refractivity contribution in [3.63, 3.8) is 0 Å². The maximum absolute atomic E-state index is 4.50. The first-order chi connectivity index (χ1) is 5.91. The highest BCUT2D eigenvalue weighted by atomic mass is 14.8. The Morgan fingerprint density at radius 2 is 1.42 bits per heavy atom. The molecule has 0 spiro atoms. The average molecular weight is 174 g/mol. The zero-order valence-corrected chi connectivity index (χ0v) is 9.03. The van der Waals surface area contributed by atoms with E-state index in [-0.39, 0.29) is 0 Å². The van der Waals surface area contributed by atoms with Crippen molar-refractivity contribution in [2.75, 3.05) is 20.6 Å². The highest BCUT2D eigenvalue weighted by Crippen LogP contribution is 2.03. The molecular weight excluding hydrogens is 148 g/mol. The molecule has 0 aromatic carbocycles. The van der Waals surface area contributed by atoms with Crippen LogP contribution in [0, 0.1) is 0 Å². The molecule has 2 heteroatoms. The molecule has 0 atom stereocenters. The summed E-state index contributed by atoms with van der Waals surface area (Å²) >= 11 is 0. The predicted molar refractivity (Wildman–Crippen MR) is 57.4 cm³/mol. The van der Waals surface area contributed by atoms with E-state index in [0.29, 0.717) is 0 Å². The fourth-order valence-electron chi connectivity index (χ4n) is 1.08. The van der Waals surface area contributed by atoms with Crippen molar-refractivity contribution < 1.29 is 0 Å². The van der Waals surface area contributed by atoms with Gasteiger partial charge in [0.05, 0.1) is 0 Å². The van der Waals surface area contributed by atoms with E-state index in [0.717, 1.165) is 0 Å². The molecule has 0 aromatic rings. The molecule has 0 fully saturated rings. The molecule has 2 nitrogen and oxygen atoms in total. The smallest absolute Gasteiger partial charge is 0.00519 e. The van der Waals surface area contributed by atoms with Gasteiger partial charge in [0.25, 0.3) is 0 Å². The zero-order chi connectivity index (χ0) is 9.66. The molecule has 0 amide bonds. The Morgan fingerprint density at radius 3 is 1.92 bits per heavy atom. The monoisotopic (exact) mass is 174 g/mol. The van der Waals surface area contributed by atoms with E-state index < -0.39 is 0 Å². The highest BCUT2D eigenvalue weighted by Gasteiger charge is 1.87. The fourth-order valence-corrected chi connectivity index (χ4v) is 1.08. The summed E-state index contributed by atoms with van der Waals surface area (Å²) in [6.07, 6.45) is 8.38. The van der Waals surface area contributed by atoms with Crippen LogP contribution in [0.15, 0.2) is 0 Å². The molecule has 0 saturated carbocycles. The van der Waals surface area contributed by atoms with E-state index in [1.54, 1.807) is 0 Å². The lowest BCUT2D eigenvalue weighted by atomic mass is 10.1. The maximum Gasteiger partial charge on any atom is -0.00519 e. The number of rotatable bonds is 7. The van der Waals surface area contributed by atoms with E-state index >= 15 is 0 Å². The third-order valence-corrected chi connectivity index (χ3v) is 1.78. The summed E-state index contributed by atoms with van der Waals surface area (Å²) in [6, 6.07) is 0. The molecule has 76 valence electrons. The van der Waals surface area contributed by atoms with Crippen LogP contribution in [0.1, 0.15) is 45.4 Å². The Morgan fingerprint density at radius 1 is 0.917 bits per heavy atom. The number of hydrogen-bond donors (Lipinski definition) is 2. The molecule has 3 N–H and O–H groups in total. The van der Waals surface area contributed by atoms with Gasteiger partial charge in [-0.05, 0) is 27.1 Å². The Bertz CT molecular complexity index is 47.8. The lowest BCUT2D eigenvalue weighted by Gasteiger charge is -1.98. The van der Waals surface area contributed by atoms with Crippen LogP contribution in [-0.4, -0.2) is 20.6 Å². The molecule has 12 heavy (non-hydrogen) atoms. The lowest BCUT2D eigenvalue weighted by molar-refractivity contribution is 0.592. The highest BCUT2D eigenvalue weighted by molar-refractivity contribution is 4.45. The van der Waals surface area contributed by atoms with Gasteiger partial charge in [-0.3, -0.25) is 0 Å². The first kappa shape index (κ1) is 14.4. The van der Waals surface area contributed by atoms with Crippen molar-refractivity contribution in [1.82, 2.24) is 5.32 Å². The molecular formula is C10H26N2. The molecule has 0 rings (SSSR count). The van der Waals surface area contributed by atoms with Crippen LogP contribution in [0.2, 0.25) is 0 Å². The quantitative estimate of drug-likeness (QED) is 0.580. The van der Waals surface area contributed by atoms with Crippen molar-refractivity contribution in [3.05, 3.63) is 0 Å². The van der Waals surface area contributed by atoms with Crippen molar-refractivity contribution in [3.8, 4) is 0 Å². The summed E-state index contributed by atoms with van der Waals surface area (Å²) in [6.45, 7) is 3.44. The maximum atomic E-state index is 4.50. The van der Waals surface area contributed by atoms with Gasteiger partial charge in [-0.1, -0.05) is 39.0 Å². The van der Waals surface area contributed by atoms with Crippen LogP contribution in [0.25, 0.3) is 0 Å². The summed E-state index contributed by atoms with van der Waals surface area (Å²) in [4.78, 5) is 0. The number of hydrogen-bond acceptors (Lipinski definition) is 2. The minimum Gasteiger partial charge on any atom is -0.333 e. The molecule has 0 aliphatic heterocycles. The van der Waals surface area contributed by atoms with Gasteiger partial charge < -0.3 is 11.1 Å². The third-order valence-electron chi connectivity index (χ3n) is 1.78. The number of nitrogens with two attached hydrogens (primary N) is 1. The van der Waals surface area contributed by atoms with E-state index in [2.05, 4.69) is 18.0 Å². The lowest BCUT2D eigenvalue weighted by Crippen LogP contribution is -2.06. The Labute approximate surface area is 77.9 Å². The first-order valence-corrected chi connectivity index (χ1v) is 5.14. The Balaban J connectivity index is 0.